The van der Waals surface area contributed by atoms with Crippen LogP contribution in [0.25, 0.3) is 0 Å². The predicted octanol–water partition coefficient (Wildman–Crippen LogP) is 11.5. The fourth-order valence-corrected chi connectivity index (χ4v) is 5.31. The summed E-state index contributed by atoms with van der Waals surface area (Å²) in [5.41, 5.74) is 0. The number of unbranched alkanes of at least 4 members (excludes halogenated alkanes) is 21. The summed E-state index contributed by atoms with van der Waals surface area (Å²) in [6.07, 6.45) is 35.7. The van der Waals surface area contributed by atoms with Crippen LogP contribution >= 0.6 is 0 Å². The Morgan fingerprint density at radius 3 is 0.900 bits per heavy atom. The lowest BCUT2D eigenvalue weighted by molar-refractivity contribution is -0.137. The topological polar surface area (TPSA) is 77.8 Å². The highest BCUT2D eigenvalue weighted by Gasteiger charge is 2.04. The second kappa shape index (κ2) is 36.4. The molecule has 0 aromatic carbocycles. The lowest BCUT2D eigenvalue weighted by atomic mass is 10.0. The second-order valence-corrected chi connectivity index (χ2v) is 12.4. The van der Waals surface area contributed by atoms with E-state index >= 15 is 0 Å². The number of carboxylic acid groups (broad SMARTS) is 1. The molecule has 0 heterocycles. The maximum atomic E-state index is 10.3. The zero-order chi connectivity index (χ0) is 29.9. The molecule has 0 aromatic rings. The Labute approximate surface area is 251 Å². The van der Waals surface area contributed by atoms with Crippen molar-refractivity contribution in [2.75, 3.05) is 0 Å². The van der Waals surface area contributed by atoms with Crippen LogP contribution in [0.4, 0.5) is 0 Å². The van der Waals surface area contributed by atoms with E-state index < -0.39 is 5.97 Å². The van der Waals surface area contributed by atoms with Crippen LogP contribution in [0.5, 0.6) is 0 Å². The van der Waals surface area contributed by atoms with Gasteiger partial charge in [-0.3, -0.25) is 4.79 Å². The molecule has 2 atom stereocenters. The third kappa shape index (κ3) is 39.5. The highest BCUT2D eigenvalue weighted by atomic mass is 16.4. The smallest absolute Gasteiger partial charge is 0.303 e. The molecule has 0 radical (unpaired) electrons. The maximum Gasteiger partial charge on any atom is 0.303 e. The van der Waals surface area contributed by atoms with E-state index in [1.807, 2.05) is 0 Å². The summed E-state index contributed by atoms with van der Waals surface area (Å²) in [7, 11) is 0. The van der Waals surface area contributed by atoms with Crippen molar-refractivity contribution >= 4 is 5.97 Å². The van der Waals surface area contributed by atoms with Crippen LogP contribution < -0.4 is 0 Å². The van der Waals surface area contributed by atoms with Crippen LogP contribution in [0.15, 0.2) is 0 Å². The van der Waals surface area contributed by atoms with Crippen molar-refractivity contribution in [3.8, 4) is 0 Å². The largest absolute Gasteiger partial charge is 0.481 e. The van der Waals surface area contributed by atoms with Gasteiger partial charge in [0, 0.05) is 6.42 Å². The zero-order valence-corrected chi connectivity index (χ0v) is 27.6. The SMILES string of the molecule is CCCCCCC(O)CCCCCCCCCCC(=O)O.CCCCCCCCCCCC(O)CCCCCC. The molecule has 0 aliphatic carbocycles. The first kappa shape index (κ1) is 41.5. The number of aliphatic hydroxyl groups is 2. The molecule has 0 aliphatic heterocycles. The summed E-state index contributed by atoms with van der Waals surface area (Å²) in [6, 6.07) is 0. The van der Waals surface area contributed by atoms with Gasteiger partial charge in [-0.2, -0.15) is 0 Å². The predicted molar refractivity (Wildman–Crippen MR) is 175 cm³/mol. The van der Waals surface area contributed by atoms with E-state index in [1.165, 1.54) is 135 Å². The normalized spacial score (nSPS) is 12.6. The molecule has 0 amide bonds. The number of aliphatic hydroxyl groups excluding tert-OH is 2. The first-order chi connectivity index (χ1) is 19.5. The van der Waals surface area contributed by atoms with E-state index in [-0.39, 0.29) is 12.2 Å². The molecule has 0 bridgehead atoms. The minimum absolute atomic E-state index is 0.0265. The molecular formula is C36H74O4. The Morgan fingerprint density at radius 1 is 0.400 bits per heavy atom. The second-order valence-electron chi connectivity index (χ2n) is 12.4. The number of rotatable bonds is 31. The molecule has 242 valence electrons. The molecule has 0 aliphatic rings. The summed E-state index contributed by atoms with van der Waals surface area (Å²) >= 11 is 0. The van der Waals surface area contributed by atoms with Gasteiger partial charge in [0.25, 0.3) is 0 Å². The van der Waals surface area contributed by atoms with Crippen LogP contribution in [0.1, 0.15) is 213 Å². The van der Waals surface area contributed by atoms with Crippen molar-refractivity contribution in [2.24, 2.45) is 0 Å². The first-order valence-electron chi connectivity index (χ1n) is 18.1. The number of hydrogen-bond donors (Lipinski definition) is 3. The van der Waals surface area contributed by atoms with Crippen molar-refractivity contribution in [3.05, 3.63) is 0 Å². The number of carbonyl (C=O) groups is 1. The van der Waals surface area contributed by atoms with Crippen molar-refractivity contribution in [3.63, 3.8) is 0 Å². The van der Waals surface area contributed by atoms with E-state index in [0.717, 1.165) is 51.4 Å². The Bertz CT molecular complexity index is 468. The fourth-order valence-electron chi connectivity index (χ4n) is 5.31. The summed E-state index contributed by atoms with van der Waals surface area (Å²) in [4.78, 5) is 10.3. The molecule has 2 unspecified atom stereocenters. The average molecular weight is 571 g/mol. The molecule has 0 rings (SSSR count). The Morgan fingerprint density at radius 2 is 0.625 bits per heavy atom. The van der Waals surface area contributed by atoms with E-state index in [1.54, 1.807) is 0 Å². The molecule has 4 nitrogen and oxygen atoms in total. The van der Waals surface area contributed by atoms with E-state index in [9.17, 15) is 15.0 Å². The van der Waals surface area contributed by atoms with Crippen molar-refractivity contribution in [1.82, 2.24) is 0 Å². The summed E-state index contributed by atoms with van der Waals surface area (Å²) in [6.45, 7) is 6.72. The number of aliphatic carboxylic acids is 1. The van der Waals surface area contributed by atoms with Crippen molar-refractivity contribution < 1.29 is 20.1 Å². The van der Waals surface area contributed by atoms with Crippen molar-refractivity contribution in [2.45, 2.75) is 226 Å². The Balaban J connectivity index is 0. The first-order valence-corrected chi connectivity index (χ1v) is 18.1. The summed E-state index contributed by atoms with van der Waals surface area (Å²) in [5.74, 6) is -0.678. The molecular weight excluding hydrogens is 496 g/mol. The number of carboxylic acids is 1. The molecule has 40 heavy (non-hydrogen) atoms. The van der Waals surface area contributed by atoms with Crippen molar-refractivity contribution in [1.29, 1.82) is 0 Å². The van der Waals surface area contributed by atoms with Gasteiger partial charge in [0.1, 0.15) is 0 Å². The average Bonchev–Trinajstić information content (AvgIpc) is 2.94. The van der Waals surface area contributed by atoms with Gasteiger partial charge < -0.3 is 15.3 Å². The summed E-state index contributed by atoms with van der Waals surface area (Å²) in [5, 5.41) is 28.2. The van der Waals surface area contributed by atoms with E-state index in [2.05, 4.69) is 20.8 Å². The number of hydrogen-bond acceptors (Lipinski definition) is 3. The third-order valence-corrected chi connectivity index (χ3v) is 8.10. The molecule has 0 saturated carbocycles. The van der Waals surface area contributed by atoms with Gasteiger partial charge in [-0.05, 0) is 32.1 Å². The summed E-state index contributed by atoms with van der Waals surface area (Å²) < 4.78 is 0. The van der Waals surface area contributed by atoms with Crippen LogP contribution in [-0.2, 0) is 4.79 Å². The van der Waals surface area contributed by atoms with Crippen LogP contribution in [0, 0.1) is 0 Å². The highest BCUT2D eigenvalue weighted by Crippen LogP contribution is 2.15. The maximum absolute atomic E-state index is 10.3. The van der Waals surface area contributed by atoms with Gasteiger partial charge in [0.05, 0.1) is 12.2 Å². The molecule has 0 spiro atoms. The standard InChI is InChI=1S/C18H36O3.C18H38O/c1-2-3-4-11-14-17(19)15-12-9-7-5-6-8-10-13-16-18(20)21;1-3-5-7-9-10-11-12-13-15-17-18(19)16-14-8-6-4-2/h17,19H,2-16H2,1H3,(H,20,21);18-19H,3-17H2,1-2H3. The Hall–Kier alpha value is -0.610. The molecule has 0 fully saturated rings. The van der Waals surface area contributed by atoms with Gasteiger partial charge in [0.2, 0.25) is 0 Å². The van der Waals surface area contributed by atoms with Crippen LogP contribution in [-0.4, -0.2) is 33.5 Å². The molecule has 3 N–H and O–H groups in total. The van der Waals surface area contributed by atoms with E-state index in [0.29, 0.717) is 6.42 Å². The van der Waals surface area contributed by atoms with Crippen LogP contribution in [0.2, 0.25) is 0 Å². The highest BCUT2D eigenvalue weighted by molar-refractivity contribution is 5.66. The molecule has 0 saturated heterocycles. The van der Waals surface area contributed by atoms with Crippen LogP contribution in [0.3, 0.4) is 0 Å². The quantitative estimate of drug-likeness (QED) is 0.0724. The van der Waals surface area contributed by atoms with Gasteiger partial charge in [-0.25, -0.2) is 0 Å². The lowest BCUT2D eigenvalue weighted by Crippen LogP contribution is -2.05. The fraction of sp³-hybridized carbons (Fsp3) is 0.972. The minimum atomic E-state index is -0.678. The minimum Gasteiger partial charge on any atom is -0.481 e. The monoisotopic (exact) mass is 571 g/mol. The zero-order valence-electron chi connectivity index (χ0n) is 27.6. The molecule has 0 aromatic heterocycles. The van der Waals surface area contributed by atoms with E-state index in [4.69, 9.17) is 5.11 Å². The van der Waals surface area contributed by atoms with Gasteiger partial charge in [0.15, 0.2) is 0 Å². The lowest BCUT2D eigenvalue weighted by Gasteiger charge is -2.10. The third-order valence-electron chi connectivity index (χ3n) is 8.10. The molecule has 4 heteroatoms. The van der Waals surface area contributed by atoms with Gasteiger partial charge in [-0.15, -0.1) is 0 Å². The van der Waals surface area contributed by atoms with Gasteiger partial charge in [-0.1, -0.05) is 175 Å². The van der Waals surface area contributed by atoms with Gasteiger partial charge >= 0.3 is 5.97 Å². The Kier molecular flexibility index (Phi) is 37.8.